The van der Waals surface area contributed by atoms with E-state index in [1.807, 2.05) is 32.0 Å². The summed E-state index contributed by atoms with van der Waals surface area (Å²) in [6.07, 6.45) is 0. The van der Waals surface area contributed by atoms with Crippen LogP contribution >= 0.6 is 11.8 Å². The molecular formula is C21H18N4O3S. The van der Waals surface area contributed by atoms with Crippen LogP contribution in [0.1, 0.15) is 22.3 Å². The van der Waals surface area contributed by atoms with E-state index in [1.165, 1.54) is 30.0 Å². The monoisotopic (exact) mass is 406 g/mol. The van der Waals surface area contributed by atoms with Crippen molar-refractivity contribution in [3.8, 4) is 6.07 Å². The molecule has 0 bridgehead atoms. The summed E-state index contributed by atoms with van der Waals surface area (Å²) in [5.74, 6) is -0.215. The first-order chi connectivity index (χ1) is 13.8. The standard InChI is InChI=1S/C21H18N4O3S/c1-12-4-5-13(2)20-17(12)9-15(10-22)21(24-20)29-11-19(26)23-18-7-6-16(25(27)28)8-14(18)3/h4-9H,11H2,1-3H3,(H,23,26). The lowest BCUT2D eigenvalue weighted by molar-refractivity contribution is -0.384. The van der Waals surface area contributed by atoms with Crippen LogP contribution in [0.25, 0.3) is 10.9 Å². The summed E-state index contributed by atoms with van der Waals surface area (Å²) in [5, 5.41) is 24.5. The first-order valence-electron chi connectivity index (χ1n) is 8.79. The Balaban J connectivity index is 1.78. The Morgan fingerprint density at radius 3 is 2.55 bits per heavy atom. The van der Waals surface area contributed by atoms with Crippen LogP contribution in [0.15, 0.2) is 41.4 Å². The van der Waals surface area contributed by atoms with Gasteiger partial charge in [0.05, 0.1) is 21.8 Å². The third-order valence-corrected chi connectivity index (χ3v) is 5.52. The number of anilines is 1. The normalized spacial score (nSPS) is 10.6. The van der Waals surface area contributed by atoms with Gasteiger partial charge >= 0.3 is 0 Å². The van der Waals surface area contributed by atoms with Crippen LogP contribution in [0.2, 0.25) is 0 Å². The van der Waals surface area contributed by atoms with Gasteiger partial charge in [0.15, 0.2) is 0 Å². The van der Waals surface area contributed by atoms with E-state index in [4.69, 9.17) is 0 Å². The lowest BCUT2D eigenvalue weighted by atomic mass is 10.0. The maximum Gasteiger partial charge on any atom is 0.269 e. The largest absolute Gasteiger partial charge is 0.325 e. The van der Waals surface area contributed by atoms with E-state index in [-0.39, 0.29) is 17.3 Å². The van der Waals surface area contributed by atoms with Crippen molar-refractivity contribution in [2.75, 3.05) is 11.1 Å². The average Bonchev–Trinajstić information content (AvgIpc) is 2.70. The molecule has 0 saturated heterocycles. The number of benzene rings is 2. The summed E-state index contributed by atoms with van der Waals surface area (Å²) >= 11 is 1.19. The van der Waals surface area contributed by atoms with Crippen LogP contribution in [0.5, 0.6) is 0 Å². The van der Waals surface area contributed by atoms with Crippen LogP contribution in [0.3, 0.4) is 0 Å². The van der Waals surface area contributed by atoms with Crippen LogP contribution in [0, 0.1) is 42.2 Å². The smallest absolute Gasteiger partial charge is 0.269 e. The van der Waals surface area contributed by atoms with Crippen molar-refractivity contribution < 1.29 is 9.72 Å². The Labute approximate surface area is 171 Å². The molecule has 1 heterocycles. The molecule has 3 aromatic rings. The number of fused-ring (bicyclic) bond motifs is 1. The van der Waals surface area contributed by atoms with Gasteiger partial charge in [-0.25, -0.2) is 4.98 Å². The van der Waals surface area contributed by atoms with Gasteiger partial charge in [-0.15, -0.1) is 0 Å². The van der Waals surface area contributed by atoms with Gasteiger partial charge in [0.1, 0.15) is 11.1 Å². The summed E-state index contributed by atoms with van der Waals surface area (Å²) in [5.41, 5.74) is 4.37. The fourth-order valence-corrected chi connectivity index (χ4v) is 3.68. The maximum absolute atomic E-state index is 12.4. The third kappa shape index (κ3) is 4.36. The highest BCUT2D eigenvalue weighted by molar-refractivity contribution is 8.00. The summed E-state index contributed by atoms with van der Waals surface area (Å²) in [6.45, 7) is 5.62. The summed E-state index contributed by atoms with van der Waals surface area (Å²) in [7, 11) is 0. The number of amides is 1. The van der Waals surface area contributed by atoms with Gasteiger partial charge in [0.25, 0.3) is 5.69 Å². The number of carbonyl (C=O) groups excluding carboxylic acids is 1. The number of aryl methyl sites for hydroxylation is 3. The van der Waals surface area contributed by atoms with Crippen molar-refractivity contribution in [3.05, 3.63) is 68.8 Å². The number of thioether (sulfide) groups is 1. The number of nitro groups is 1. The first kappa shape index (κ1) is 20.3. The zero-order chi connectivity index (χ0) is 21.1. The number of non-ortho nitro benzene ring substituents is 1. The number of rotatable bonds is 5. The zero-order valence-corrected chi connectivity index (χ0v) is 17.0. The number of nitriles is 1. The second kappa shape index (κ2) is 8.29. The Morgan fingerprint density at radius 1 is 1.17 bits per heavy atom. The van der Waals surface area contributed by atoms with Crippen molar-refractivity contribution in [2.24, 2.45) is 0 Å². The van der Waals surface area contributed by atoms with Gasteiger partial charge in [-0.3, -0.25) is 14.9 Å². The van der Waals surface area contributed by atoms with Crippen LogP contribution in [0.4, 0.5) is 11.4 Å². The molecule has 0 fully saturated rings. The number of nitrogens with one attached hydrogen (secondary N) is 1. The third-order valence-electron chi connectivity index (χ3n) is 4.52. The van der Waals surface area contributed by atoms with Crippen LogP contribution in [-0.4, -0.2) is 21.6 Å². The van der Waals surface area contributed by atoms with Crippen LogP contribution in [-0.2, 0) is 4.79 Å². The molecule has 2 aromatic carbocycles. The molecule has 0 radical (unpaired) electrons. The van der Waals surface area contributed by atoms with E-state index >= 15 is 0 Å². The van der Waals surface area contributed by atoms with Crippen molar-refractivity contribution >= 4 is 39.9 Å². The van der Waals surface area contributed by atoms with Gasteiger partial charge in [-0.05, 0) is 49.6 Å². The van der Waals surface area contributed by atoms with Gasteiger partial charge in [0.2, 0.25) is 5.91 Å². The molecule has 0 aliphatic rings. The molecular weight excluding hydrogens is 388 g/mol. The van der Waals surface area contributed by atoms with E-state index in [2.05, 4.69) is 16.4 Å². The lowest BCUT2D eigenvalue weighted by Crippen LogP contribution is -2.15. The number of pyridine rings is 1. The van der Waals surface area contributed by atoms with E-state index in [1.54, 1.807) is 6.92 Å². The second-order valence-electron chi connectivity index (χ2n) is 6.64. The molecule has 8 heteroatoms. The van der Waals surface area contributed by atoms with E-state index < -0.39 is 4.92 Å². The number of aromatic nitrogens is 1. The molecule has 7 nitrogen and oxygen atoms in total. The molecule has 1 N–H and O–H groups in total. The van der Waals surface area contributed by atoms with Crippen molar-refractivity contribution in [1.82, 2.24) is 4.98 Å². The fraction of sp³-hybridized carbons (Fsp3) is 0.190. The predicted molar refractivity (Wildman–Crippen MR) is 113 cm³/mol. The number of carbonyl (C=O) groups is 1. The van der Waals surface area contributed by atoms with E-state index in [9.17, 15) is 20.2 Å². The highest BCUT2D eigenvalue weighted by Gasteiger charge is 2.14. The number of nitrogens with zero attached hydrogens (tertiary/aromatic N) is 3. The number of hydrogen-bond acceptors (Lipinski definition) is 6. The van der Waals surface area contributed by atoms with E-state index in [0.29, 0.717) is 21.8 Å². The topological polar surface area (TPSA) is 109 Å². The Bertz CT molecular complexity index is 1180. The van der Waals surface area contributed by atoms with Crippen LogP contribution < -0.4 is 5.32 Å². The van der Waals surface area contributed by atoms with Crippen molar-refractivity contribution in [1.29, 1.82) is 5.26 Å². The van der Waals surface area contributed by atoms with Crippen molar-refractivity contribution in [2.45, 2.75) is 25.8 Å². The maximum atomic E-state index is 12.4. The fourth-order valence-electron chi connectivity index (χ4n) is 2.93. The quantitative estimate of drug-likeness (QED) is 0.375. The SMILES string of the molecule is Cc1cc([N+](=O)[O-])ccc1NC(=O)CSc1nc2c(C)ccc(C)c2cc1C#N. The number of nitro benzene ring substituents is 1. The first-order valence-corrected chi connectivity index (χ1v) is 9.77. The molecule has 146 valence electrons. The van der Waals surface area contributed by atoms with Gasteiger partial charge in [0, 0.05) is 23.2 Å². The molecule has 1 aromatic heterocycles. The molecule has 0 aliphatic carbocycles. The molecule has 29 heavy (non-hydrogen) atoms. The molecule has 0 unspecified atom stereocenters. The molecule has 1 amide bonds. The number of hydrogen-bond donors (Lipinski definition) is 1. The summed E-state index contributed by atoms with van der Waals surface area (Å²) < 4.78 is 0. The van der Waals surface area contributed by atoms with Gasteiger partial charge in [-0.1, -0.05) is 23.9 Å². The zero-order valence-electron chi connectivity index (χ0n) is 16.1. The molecule has 0 atom stereocenters. The highest BCUT2D eigenvalue weighted by atomic mass is 32.2. The molecule has 0 spiro atoms. The summed E-state index contributed by atoms with van der Waals surface area (Å²) in [4.78, 5) is 27.3. The van der Waals surface area contributed by atoms with Crippen molar-refractivity contribution in [3.63, 3.8) is 0 Å². The highest BCUT2D eigenvalue weighted by Crippen LogP contribution is 2.28. The Hall–Kier alpha value is -3.44. The minimum Gasteiger partial charge on any atom is -0.325 e. The van der Waals surface area contributed by atoms with Gasteiger partial charge in [-0.2, -0.15) is 5.26 Å². The molecule has 0 saturated carbocycles. The minimum absolute atomic E-state index is 0.0282. The minimum atomic E-state index is -0.479. The average molecular weight is 406 g/mol. The second-order valence-corrected chi connectivity index (χ2v) is 7.61. The Morgan fingerprint density at radius 2 is 1.90 bits per heavy atom. The predicted octanol–water partition coefficient (Wildman–Crippen LogP) is 4.67. The summed E-state index contributed by atoms with van der Waals surface area (Å²) in [6, 6.07) is 12.2. The van der Waals surface area contributed by atoms with E-state index in [0.717, 1.165) is 22.0 Å². The lowest BCUT2D eigenvalue weighted by Gasteiger charge is -2.10. The Kier molecular flexibility index (Phi) is 5.80. The molecule has 0 aliphatic heterocycles. The van der Waals surface area contributed by atoms with Gasteiger partial charge < -0.3 is 5.32 Å². The molecule has 3 rings (SSSR count).